The topological polar surface area (TPSA) is 45.1 Å². The maximum atomic E-state index is 6.62. The molecule has 37 heavy (non-hydrogen) atoms. The highest BCUT2D eigenvalue weighted by atomic mass is 35.5. The number of hydrogen-bond acceptors (Lipinski definition) is 3. The number of nitrogens with one attached hydrogen (secondary N) is 2. The summed E-state index contributed by atoms with van der Waals surface area (Å²) in [5.74, 6) is 0. The van der Waals surface area contributed by atoms with Gasteiger partial charge < -0.3 is 20.1 Å². The third-order valence-corrected chi connectivity index (χ3v) is 7.71. The van der Waals surface area contributed by atoms with Crippen molar-refractivity contribution in [2.75, 3.05) is 18.4 Å². The molecule has 0 aliphatic carbocycles. The summed E-state index contributed by atoms with van der Waals surface area (Å²) in [6.07, 6.45) is 2.77. The van der Waals surface area contributed by atoms with E-state index in [9.17, 15) is 0 Å². The summed E-state index contributed by atoms with van der Waals surface area (Å²) >= 11 is 18.7. The Bertz CT molecular complexity index is 1390. The fraction of sp³-hybridized carbons (Fsp3) is 0.241. The maximum Gasteiger partial charge on any atom is 0.170 e. The van der Waals surface area contributed by atoms with Crippen LogP contribution in [-0.2, 0) is 0 Å². The Balaban J connectivity index is 1.47. The minimum absolute atomic E-state index is 0.00912. The quantitative estimate of drug-likeness (QED) is 0.179. The van der Waals surface area contributed by atoms with E-state index in [4.69, 9.17) is 35.4 Å². The number of pyridine rings is 1. The van der Waals surface area contributed by atoms with Crippen LogP contribution in [0.1, 0.15) is 41.1 Å². The molecule has 1 aliphatic heterocycles. The second-order valence-electron chi connectivity index (χ2n) is 9.22. The number of anilines is 1. The van der Waals surface area contributed by atoms with E-state index in [2.05, 4.69) is 63.2 Å². The first-order chi connectivity index (χ1) is 17.9. The predicted octanol–water partition coefficient (Wildman–Crippen LogP) is 7.27. The molecular weight excluding hydrogens is 521 g/mol. The average Bonchev–Trinajstić information content (AvgIpc) is 3.38. The van der Waals surface area contributed by atoms with Gasteiger partial charge in [-0.3, -0.25) is 4.98 Å². The molecular formula is C29H29Cl2N5S. The lowest BCUT2D eigenvalue weighted by Gasteiger charge is -2.28. The first-order valence-electron chi connectivity index (χ1n) is 12.4. The molecule has 0 spiro atoms. The van der Waals surface area contributed by atoms with Crippen LogP contribution in [0.15, 0.2) is 79.0 Å². The number of aryl methyl sites for hydroxylation is 1. The highest BCUT2D eigenvalue weighted by molar-refractivity contribution is 7.80. The summed E-state index contributed by atoms with van der Waals surface area (Å²) in [4.78, 5) is 6.98. The van der Waals surface area contributed by atoms with Crippen LogP contribution < -0.4 is 10.6 Å². The largest absolute Gasteiger partial charge is 0.385 e. The molecule has 1 aliphatic rings. The maximum absolute atomic E-state index is 6.62. The van der Waals surface area contributed by atoms with Gasteiger partial charge in [-0.05, 0) is 86.6 Å². The molecule has 5 nitrogen and oxygen atoms in total. The molecule has 190 valence electrons. The zero-order valence-electron chi connectivity index (χ0n) is 20.8. The molecule has 2 aromatic carbocycles. The Morgan fingerprint density at radius 3 is 2.51 bits per heavy atom. The Labute approximate surface area is 233 Å². The van der Waals surface area contributed by atoms with Crippen LogP contribution in [0.25, 0.3) is 5.69 Å². The lowest BCUT2D eigenvalue weighted by Crippen LogP contribution is -2.31. The first kappa shape index (κ1) is 25.6. The molecule has 4 aromatic rings. The molecule has 1 fully saturated rings. The van der Waals surface area contributed by atoms with Crippen molar-refractivity contribution in [3.05, 3.63) is 112 Å². The Hall–Kier alpha value is -3.06. The van der Waals surface area contributed by atoms with Crippen molar-refractivity contribution in [3.63, 3.8) is 0 Å². The summed E-state index contributed by atoms with van der Waals surface area (Å²) in [7, 11) is 0. The van der Waals surface area contributed by atoms with Gasteiger partial charge in [0.25, 0.3) is 0 Å². The first-order valence-corrected chi connectivity index (χ1v) is 13.5. The minimum atomic E-state index is -0.0644. The SMILES string of the molecule is Cc1cc([C@H]2[C@H](c3ccccn3)NC(=S)N2CCCNc2ccccc2)c(C)n1-c1ccc(Cl)cc1Cl. The second-order valence-corrected chi connectivity index (χ2v) is 10.5. The van der Waals surface area contributed by atoms with Crippen LogP contribution in [0, 0.1) is 13.8 Å². The number of hydrogen-bond donors (Lipinski definition) is 2. The highest BCUT2D eigenvalue weighted by Gasteiger charge is 2.41. The standard InChI is InChI=1S/C29H29Cl2N5S/c1-19-17-23(20(2)36(19)26-13-12-21(30)18-24(26)31)28-27(25-11-6-7-14-33-25)34-29(37)35(28)16-8-15-32-22-9-4-3-5-10-22/h3-7,9-14,17-18,27-28,32H,8,15-16H2,1-2H3,(H,34,37)/t27-,28-/m0/s1. The van der Waals surface area contributed by atoms with Gasteiger partial charge in [0.15, 0.2) is 5.11 Å². The zero-order valence-corrected chi connectivity index (χ0v) is 23.1. The Kier molecular flexibility index (Phi) is 7.70. The Morgan fingerprint density at radius 1 is 1.00 bits per heavy atom. The number of rotatable bonds is 8. The number of nitrogens with zero attached hydrogens (tertiary/aromatic N) is 3. The van der Waals surface area contributed by atoms with E-state index < -0.39 is 0 Å². The van der Waals surface area contributed by atoms with Gasteiger partial charge in [0.2, 0.25) is 0 Å². The van der Waals surface area contributed by atoms with E-state index >= 15 is 0 Å². The van der Waals surface area contributed by atoms with E-state index in [0.29, 0.717) is 10.0 Å². The van der Waals surface area contributed by atoms with Gasteiger partial charge in [0, 0.05) is 41.4 Å². The molecule has 2 atom stereocenters. The van der Waals surface area contributed by atoms with Crippen molar-refractivity contribution in [2.45, 2.75) is 32.4 Å². The molecule has 2 aromatic heterocycles. The molecule has 5 rings (SSSR count). The summed E-state index contributed by atoms with van der Waals surface area (Å²) in [5, 5.41) is 9.05. The van der Waals surface area contributed by atoms with Crippen molar-refractivity contribution in [3.8, 4) is 5.69 Å². The van der Waals surface area contributed by atoms with E-state index in [1.54, 1.807) is 6.07 Å². The van der Waals surface area contributed by atoms with Crippen LogP contribution in [0.4, 0.5) is 5.69 Å². The lowest BCUT2D eigenvalue weighted by molar-refractivity contribution is 0.315. The second kappa shape index (κ2) is 11.1. The third kappa shape index (κ3) is 5.33. The smallest absolute Gasteiger partial charge is 0.170 e. The fourth-order valence-electron chi connectivity index (χ4n) is 5.14. The Morgan fingerprint density at radius 2 is 1.78 bits per heavy atom. The van der Waals surface area contributed by atoms with Gasteiger partial charge in [0.1, 0.15) is 0 Å². The molecule has 8 heteroatoms. The number of benzene rings is 2. The van der Waals surface area contributed by atoms with Crippen LogP contribution in [0.5, 0.6) is 0 Å². The average molecular weight is 551 g/mol. The molecule has 1 saturated heterocycles. The number of aromatic nitrogens is 2. The minimum Gasteiger partial charge on any atom is -0.385 e. The van der Waals surface area contributed by atoms with Gasteiger partial charge >= 0.3 is 0 Å². The van der Waals surface area contributed by atoms with E-state index in [1.165, 1.54) is 5.56 Å². The van der Waals surface area contributed by atoms with Gasteiger partial charge in [-0.2, -0.15) is 0 Å². The molecule has 0 bridgehead atoms. The summed E-state index contributed by atoms with van der Waals surface area (Å²) in [5.41, 5.74) is 6.41. The van der Waals surface area contributed by atoms with Crippen molar-refractivity contribution < 1.29 is 0 Å². The summed E-state index contributed by atoms with van der Waals surface area (Å²) in [6.45, 7) is 5.90. The summed E-state index contributed by atoms with van der Waals surface area (Å²) < 4.78 is 2.19. The molecule has 3 heterocycles. The van der Waals surface area contributed by atoms with Crippen molar-refractivity contribution in [2.24, 2.45) is 0 Å². The highest BCUT2D eigenvalue weighted by Crippen LogP contribution is 2.42. The monoisotopic (exact) mass is 549 g/mol. The number of thiocarbonyl (C=S) groups is 1. The van der Waals surface area contributed by atoms with Crippen LogP contribution >= 0.6 is 35.4 Å². The van der Waals surface area contributed by atoms with Crippen LogP contribution in [0.2, 0.25) is 10.0 Å². The van der Waals surface area contributed by atoms with Crippen molar-refractivity contribution >= 4 is 46.2 Å². The molecule has 2 N–H and O–H groups in total. The van der Waals surface area contributed by atoms with Gasteiger partial charge in [-0.25, -0.2) is 0 Å². The molecule has 0 unspecified atom stereocenters. The van der Waals surface area contributed by atoms with Crippen molar-refractivity contribution in [1.29, 1.82) is 0 Å². The molecule has 0 saturated carbocycles. The van der Waals surface area contributed by atoms with Crippen LogP contribution in [-0.4, -0.2) is 32.7 Å². The molecule has 0 radical (unpaired) electrons. The molecule has 0 amide bonds. The predicted molar refractivity (Wildman–Crippen MR) is 157 cm³/mol. The van der Waals surface area contributed by atoms with Crippen LogP contribution in [0.3, 0.4) is 0 Å². The van der Waals surface area contributed by atoms with Gasteiger partial charge in [-0.1, -0.05) is 47.5 Å². The number of halogens is 2. The van der Waals surface area contributed by atoms with Gasteiger partial charge in [0.05, 0.1) is 28.5 Å². The third-order valence-electron chi connectivity index (χ3n) is 6.82. The zero-order chi connectivity index (χ0) is 25.9. The van der Waals surface area contributed by atoms with E-state index in [1.807, 2.05) is 48.7 Å². The van der Waals surface area contributed by atoms with E-state index in [0.717, 1.165) is 53.1 Å². The van der Waals surface area contributed by atoms with Gasteiger partial charge in [-0.15, -0.1) is 0 Å². The van der Waals surface area contributed by atoms with E-state index in [-0.39, 0.29) is 12.1 Å². The lowest BCUT2D eigenvalue weighted by atomic mass is 9.96. The normalized spacial score (nSPS) is 17.2. The van der Waals surface area contributed by atoms with Crippen molar-refractivity contribution in [1.82, 2.24) is 19.8 Å². The number of para-hydroxylation sites is 1. The fourth-order valence-corrected chi connectivity index (χ4v) is 5.97. The summed E-state index contributed by atoms with van der Waals surface area (Å²) in [6, 6.07) is 24.1.